The molecule has 1 N–H and O–H groups in total. The Balaban J connectivity index is 1.66. The van der Waals surface area contributed by atoms with E-state index in [9.17, 15) is 0 Å². The van der Waals surface area contributed by atoms with E-state index in [2.05, 4.69) is 89.4 Å². The molecule has 4 heteroatoms. The minimum Gasteiger partial charge on any atom is -0.315 e. The quantitative estimate of drug-likeness (QED) is 0.499. The van der Waals surface area contributed by atoms with E-state index in [4.69, 9.17) is 5.10 Å². The van der Waals surface area contributed by atoms with Crippen LogP contribution in [-0.2, 0) is 6.54 Å². The lowest BCUT2D eigenvalue weighted by atomic mass is 10.0. The predicted octanol–water partition coefficient (Wildman–Crippen LogP) is 4.54. The largest absolute Gasteiger partial charge is 0.315 e. The zero-order chi connectivity index (χ0) is 19.6. The molecule has 1 heterocycles. The molecule has 1 aromatic heterocycles. The molecule has 3 aromatic rings. The number of aromatic nitrogens is 2. The van der Waals surface area contributed by atoms with Crippen molar-refractivity contribution in [1.29, 1.82) is 0 Å². The summed E-state index contributed by atoms with van der Waals surface area (Å²) in [6, 6.07) is 21.1. The Labute approximate surface area is 169 Å². The van der Waals surface area contributed by atoms with Gasteiger partial charge in [-0.3, -0.25) is 4.68 Å². The van der Waals surface area contributed by atoms with Crippen molar-refractivity contribution in [2.45, 2.75) is 26.8 Å². The highest BCUT2D eigenvalue weighted by molar-refractivity contribution is 5.80. The highest BCUT2D eigenvalue weighted by Crippen LogP contribution is 2.31. The van der Waals surface area contributed by atoms with E-state index in [0.717, 1.165) is 39.3 Å². The molecule has 0 bridgehead atoms. The summed E-state index contributed by atoms with van der Waals surface area (Å²) in [5.41, 5.74) is 4.80. The van der Waals surface area contributed by atoms with Gasteiger partial charge in [0.1, 0.15) is 0 Å². The minimum atomic E-state index is 0.863. The van der Waals surface area contributed by atoms with Crippen molar-refractivity contribution in [1.82, 2.24) is 20.0 Å². The molecule has 0 atom stereocenters. The second-order valence-corrected chi connectivity index (χ2v) is 6.99. The van der Waals surface area contributed by atoms with Crippen LogP contribution in [0, 0.1) is 0 Å². The van der Waals surface area contributed by atoms with Crippen molar-refractivity contribution in [2.24, 2.45) is 0 Å². The Morgan fingerprint density at radius 2 is 1.50 bits per heavy atom. The summed E-state index contributed by atoms with van der Waals surface area (Å²) < 4.78 is 2.13. The highest BCUT2D eigenvalue weighted by atomic mass is 15.3. The van der Waals surface area contributed by atoms with Crippen LogP contribution in [0.5, 0.6) is 0 Å². The third-order valence-corrected chi connectivity index (χ3v) is 5.19. The Bertz CT molecular complexity index is 807. The molecule has 148 valence electrons. The average Bonchev–Trinajstić information content (AvgIpc) is 3.18. The number of benzene rings is 2. The molecule has 0 saturated carbocycles. The van der Waals surface area contributed by atoms with Crippen molar-refractivity contribution < 1.29 is 0 Å². The molecule has 0 radical (unpaired) electrons. The topological polar surface area (TPSA) is 33.1 Å². The van der Waals surface area contributed by atoms with Gasteiger partial charge in [0.05, 0.1) is 18.4 Å². The van der Waals surface area contributed by atoms with Crippen LogP contribution in [0.15, 0.2) is 66.9 Å². The number of nitrogens with zero attached hydrogens (tertiary/aromatic N) is 3. The fourth-order valence-electron chi connectivity index (χ4n) is 3.56. The third-order valence-electron chi connectivity index (χ3n) is 5.19. The second-order valence-electron chi connectivity index (χ2n) is 6.99. The SMILES string of the molecule is CCN(CC)CCCNCCn1ncc(-c2ccccc2)c1-c1ccccc1. The third kappa shape index (κ3) is 5.31. The summed E-state index contributed by atoms with van der Waals surface area (Å²) in [4.78, 5) is 2.47. The summed E-state index contributed by atoms with van der Waals surface area (Å²) in [5, 5.41) is 8.29. The number of rotatable bonds is 11. The van der Waals surface area contributed by atoms with E-state index >= 15 is 0 Å². The first-order valence-corrected chi connectivity index (χ1v) is 10.4. The first-order chi connectivity index (χ1) is 13.8. The van der Waals surface area contributed by atoms with Crippen LogP contribution in [0.1, 0.15) is 20.3 Å². The molecule has 0 aliphatic heterocycles. The van der Waals surface area contributed by atoms with Gasteiger partial charge >= 0.3 is 0 Å². The van der Waals surface area contributed by atoms with Crippen molar-refractivity contribution in [2.75, 3.05) is 32.7 Å². The molecule has 0 amide bonds. The van der Waals surface area contributed by atoms with Gasteiger partial charge in [-0.25, -0.2) is 0 Å². The lowest BCUT2D eigenvalue weighted by molar-refractivity contribution is 0.297. The smallest absolute Gasteiger partial charge is 0.0761 e. The summed E-state index contributed by atoms with van der Waals surface area (Å²) in [7, 11) is 0. The molecule has 0 aliphatic carbocycles. The van der Waals surface area contributed by atoms with Crippen molar-refractivity contribution in [3.8, 4) is 22.4 Å². The zero-order valence-electron chi connectivity index (χ0n) is 17.1. The Kier molecular flexibility index (Phi) is 7.82. The predicted molar refractivity (Wildman–Crippen MR) is 118 cm³/mol. The maximum atomic E-state index is 4.71. The normalized spacial score (nSPS) is 11.2. The first-order valence-electron chi connectivity index (χ1n) is 10.4. The monoisotopic (exact) mass is 376 g/mol. The lowest BCUT2D eigenvalue weighted by Crippen LogP contribution is -2.28. The van der Waals surface area contributed by atoms with Crippen LogP contribution in [0.2, 0.25) is 0 Å². The van der Waals surface area contributed by atoms with E-state index in [1.165, 1.54) is 28.8 Å². The fourth-order valence-corrected chi connectivity index (χ4v) is 3.56. The molecule has 4 nitrogen and oxygen atoms in total. The molecule has 3 rings (SSSR count). The number of hydrogen-bond donors (Lipinski definition) is 1. The second kappa shape index (κ2) is 10.8. The van der Waals surface area contributed by atoms with Crippen LogP contribution >= 0.6 is 0 Å². The highest BCUT2D eigenvalue weighted by Gasteiger charge is 2.14. The standard InChI is InChI=1S/C24H32N4/c1-3-27(4-2)18-11-16-25-17-19-28-24(22-14-9-6-10-15-22)23(20-26-28)21-12-7-5-8-13-21/h5-10,12-15,20,25H,3-4,11,16-19H2,1-2H3. The summed E-state index contributed by atoms with van der Waals surface area (Å²) >= 11 is 0. The minimum absolute atomic E-state index is 0.863. The van der Waals surface area contributed by atoms with Crippen molar-refractivity contribution in [3.05, 3.63) is 66.9 Å². The van der Waals surface area contributed by atoms with E-state index in [1.807, 2.05) is 6.20 Å². The molecule has 0 saturated heterocycles. The molecular weight excluding hydrogens is 344 g/mol. The Hall–Kier alpha value is -2.43. The van der Waals surface area contributed by atoms with E-state index < -0.39 is 0 Å². The van der Waals surface area contributed by atoms with Crippen LogP contribution < -0.4 is 5.32 Å². The van der Waals surface area contributed by atoms with Gasteiger partial charge in [0, 0.05) is 17.7 Å². The molecule has 0 unspecified atom stereocenters. The molecule has 0 fully saturated rings. The maximum Gasteiger partial charge on any atom is 0.0761 e. The van der Waals surface area contributed by atoms with Crippen LogP contribution in [0.3, 0.4) is 0 Å². The van der Waals surface area contributed by atoms with E-state index in [-0.39, 0.29) is 0 Å². The number of hydrogen-bond acceptors (Lipinski definition) is 3. The molecule has 0 spiro atoms. The summed E-state index contributed by atoms with van der Waals surface area (Å²) in [6.07, 6.45) is 3.18. The van der Waals surface area contributed by atoms with Gasteiger partial charge in [-0.15, -0.1) is 0 Å². The van der Waals surface area contributed by atoms with Crippen molar-refractivity contribution in [3.63, 3.8) is 0 Å². The van der Waals surface area contributed by atoms with Gasteiger partial charge < -0.3 is 10.2 Å². The fraction of sp³-hybridized carbons (Fsp3) is 0.375. The van der Waals surface area contributed by atoms with Gasteiger partial charge in [0.2, 0.25) is 0 Å². The van der Waals surface area contributed by atoms with Gasteiger partial charge in [0.25, 0.3) is 0 Å². The molecule has 0 aliphatic rings. The Morgan fingerprint density at radius 3 is 2.14 bits per heavy atom. The van der Waals surface area contributed by atoms with Crippen LogP contribution in [0.25, 0.3) is 22.4 Å². The van der Waals surface area contributed by atoms with Crippen molar-refractivity contribution >= 4 is 0 Å². The van der Waals surface area contributed by atoms with Gasteiger partial charge in [-0.1, -0.05) is 74.5 Å². The molecule has 28 heavy (non-hydrogen) atoms. The average molecular weight is 377 g/mol. The van der Waals surface area contributed by atoms with Gasteiger partial charge in [0.15, 0.2) is 0 Å². The van der Waals surface area contributed by atoms with E-state index in [0.29, 0.717) is 0 Å². The Morgan fingerprint density at radius 1 is 0.857 bits per heavy atom. The summed E-state index contributed by atoms with van der Waals surface area (Å²) in [5.74, 6) is 0. The van der Waals surface area contributed by atoms with Gasteiger partial charge in [-0.05, 0) is 38.2 Å². The zero-order valence-corrected chi connectivity index (χ0v) is 17.1. The van der Waals surface area contributed by atoms with E-state index in [1.54, 1.807) is 0 Å². The maximum absolute atomic E-state index is 4.71. The molecule has 2 aromatic carbocycles. The van der Waals surface area contributed by atoms with Crippen LogP contribution in [0.4, 0.5) is 0 Å². The van der Waals surface area contributed by atoms with Crippen LogP contribution in [-0.4, -0.2) is 47.4 Å². The first kappa shape index (κ1) is 20.3. The molecular formula is C24H32N4. The number of nitrogens with one attached hydrogen (secondary N) is 1. The summed E-state index contributed by atoms with van der Waals surface area (Å²) in [6.45, 7) is 10.7. The lowest BCUT2D eigenvalue weighted by Gasteiger charge is -2.17. The van der Waals surface area contributed by atoms with Gasteiger partial charge in [-0.2, -0.15) is 5.10 Å².